The van der Waals surface area contributed by atoms with E-state index in [9.17, 15) is 4.79 Å². The average Bonchev–Trinajstić information content (AvgIpc) is 3.25. The lowest BCUT2D eigenvalue weighted by Crippen LogP contribution is -2.38. The van der Waals surface area contributed by atoms with Crippen LogP contribution in [0.1, 0.15) is 44.0 Å². The van der Waals surface area contributed by atoms with Gasteiger partial charge in [-0.1, -0.05) is 38.5 Å². The Kier molecular flexibility index (Phi) is 10.9. The predicted molar refractivity (Wildman–Crippen MR) is 140 cm³/mol. The molecule has 2 aromatic carbocycles. The number of carbonyl (C=O) groups is 1. The van der Waals surface area contributed by atoms with Crippen molar-refractivity contribution in [3.05, 3.63) is 48.0 Å². The molecule has 0 saturated heterocycles. The van der Waals surface area contributed by atoms with E-state index in [0.29, 0.717) is 23.8 Å². The maximum Gasteiger partial charge on any atom is 0.260 e. The number of benzene rings is 2. The van der Waals surface area contributed by atoms with Crippen molar-refractivity contribution < 1.29 is 14.3 Å². The molecule has 1 amide bonds. The number of hydrogen-bond donors (Lipinski definition) is 0. The van der Waals surface area contributed by atoms with Crippen molar-refractivity contribution in [2.24, 2.45) is 0 Å². The molecule has 0 radical (unpaired) electrons. The Labute approximate surface area is 206 Å². The lowest BCUT2D eigenvalue weighted by atomic mass is 10.2. The van der Waals surface area contributed by atoms with E-state index >= 15 is 0 Å². The van der Waals surface area contributed by atoms with E-state index in [-0.39, 0.29) is 18.3 Å². The zero-order valence-corrected chi connectivity index (χ0v) is 21.5. The lowest BCUT2D eigenvalue weighted by molar-refractivity contribution is 0.0983. The molecule has 33 heavy (non-hydrogen) atoms. The number of fused-ring (bicyclic) bond motifs is 1. The number of hydrogen-bond acceptors (Lipinski definition) is 6. The van der Waals surface area contributed by atoms with Gasteiger partial charge in [0, 0.05) is 18.7 Å². The van der Waals surface area contributed by atoms with Crippen LogP contribution in [0.5, 0.6) is 11.5 Å². The first-order chi connectivity index (χ1) is 15.6. The van der Waals surface area contributed by atoms with E-state index in [1.165, 1.54) is 11.3 Å². The van der Waals surface area contributed by atoms with Gasteiger partial charge < -0.3 is 14.4 Å². The van der Waals surface area contributed by atoms with Crippen molar-refractivity contribution in [2.45, 2.75) is 33.6 Å². The molecule has 0 saturated carbocycles. The summed E-state index contributed by atoms with van der Waals surface area (Å²) in [5.74, 6) is 1.52. The molecule has 0 aliphatic rings. The number of amides is 1. The normalized spacial score (nSPS) is 10.8. The molecule has 0 unspecified atom stereocenters. The third kappa shape index (κ3) is 7.06. The molecular formula is C25H34ClN3O3S. The van der Waals surface area contributed by atoms with Crippen LogP contribution in [0.4, 0.5) is 5.13 Å². The Morgan fingerprint density at radius 2 is 1.70 bits per heavy atom. The summed E-state index contributed by atoms with van der Waals surface area (Å²) in [6.07, 6.45) is 2.11. The van der Waals surface area contributed by atoms with Crippen LogP contribution >= 0.6 is 23.7 Å². The van der Waals surface area contributed by atoms with E-state index in [2.05, 4.69) is 25.7 Å². The largest absolute Gasteiger partial charge is 0.497 e. The second kappa shape index (κ2) is 13.4. The minimum Gasteiger partial charge on any atom is -0.497 e. The monoisotopic (exact) mass is 491 g/mol. The zero-order chi connectivity index (χ0) is 22.9. The van der Waals surface area contributed by atoms with Crippen molar-refractivity contribution in [1.29, 1.82) is 0 Å². The van der Waals surface area contributed by atoms with Crippen molar-refractivity contribution in [3.8, 4) is 11.5 Å². The van der Waals surface area contributed by atoms with Gasteiger partial charge in [-0.05, 0) is 62.0 Å². The third-order valence-corrected chi connectivity index (χ3v) is 6.50. The minimum absolute atomic E-state index is 0. The highest BCUT2D eigenvalue weighted by Crippen LogP contribution is 2.32. The fraction of sp³-hybridized carbons (Fsp3) is 0.440. The van der Waals surface area contributed by atoms with Crippen LogP contribution in [0.25, 0.3) is 10.2 Å². The third-order valence-electron chi connectivity index (χ3n) is 5.46. The van der Waals surface area contributed by atoms with Gasteiger partial charge in [0.05, 0.1) is 23.9 Å². The Bertz CT molecular complexity index is 1010. The summed E-state index contributed by atoms with van der Waals surface area (Å²) in [7, 11) is 1.65. The van der Waals surface area contributed by atoms with Crippen LogP contribution in [0, 0.1) is 0 Å². The van der Waals surface area contributed by atoms with E-state index < -0.39 is 0 Å². The quantitative estimate of drug-likeness (QED) is 0.295. The first-order valence-electron chi connectivity index (χ1n) is 11.3. The maximum atomic E-state index is 13.5. The molecule has 1 aromatic heterocycles. The number of likely N-dealkylation sites (N-methyl/N-ethyl adjacent to an activating group) is 1. The van der Waals surface area contributed by atoms with Crippen LogP contribution in [0.3, 0.4) is 0 Å². The van der Waals surface area contributed by atoms with Gasteiger partial charge >= 0.3 is 0 Å². The van der Waals surface area contributed by atoms with E-state index in [1.54, 1.807) is 12.0 Å². The first-order valence-corrected chi connectivity index (χ1v) is 12.1. The summed E-state index contributed by atoms with van der Waals surface area (Å²) < 4.78 is 12.1. The van der Waals surface area contributed by atoms with Gasteiger partial charge in [0.2, 0.25) is 0 Å². The SMILES string of the molecule is CCCCOc1ccc(C(=O)N(CCN(CC)CC)c2nc3ccc(OC)cc3s2)cc1.Cl. The highest BCUT2D eigenvalue weighted by atomic mass is 35.5. The molecule has 6 nitrogen and oxygen atoms in total. The van der Waals surface area contributed by atoms with Crippen LogP contribution in [0.2, 0.25) is 0 Å². The molecule has 180 valence electrons. The van der Waals surface area contributed by atoms with Crippen molar-refractivity contribution >= 4 is 45.0 Å². The minimum atomic E-state index is -0.0525. The number of anilines is 1. The Hall–Kier alpha value is -2.35. The van der Waals surface area contributed by atoms with Crippen molar-refractivity contribution in [1.82, 2.24) is 9.88 Å². The van der Waals surface area contributed by atoms with Gasteiger partial charge in [0.25, 0.3) is 5.91 Å². The summed E-state index contributed by atoms with van der Waals surface area (Å²) in [6, 6.07) is 13.2. The average molecular weight is 492 g/mol. The fourth-order valence-electron chi connectivity index (χ4n) is 3.38. The standard InChI is InChI=1S/C25H33N3O3S.ClH/c1-5-8-17-31-20-11-9-19(10-12-20)24(29)28(16-15-27(6-2)7-3)25-26-22-14-13-21(30-4)18-23(22)32-25;/h9-14,18H,5-8,15-17H2,1-4H3;1H. The highest BCUT2D eigenvalue weighted by molar-refractivity contribution is 7.22. The van der Waals surface area contributed by atoms with Gasteiger partial charge in [-0.15, -0.1) is 12.4 Å². The van der Waals surface area contributed by atoms with Gasteiger partial charge in [-0.25, -0.2) is 4.98 Å². The topological polar surface area (TPSA) is 54.9 Å². The van der Waals surface area contributed by atoms with Crippen LogP contribution in [-0.4, -0.2) is 55.7 Å². The van der Waals surface area contributed by atoms with Crippen molar-refractivity contribution in [3.63, 3.8) is 0 Å². The number of carbonyl (C=O) groups excluding carboxylic acids is 1. The summed E-state index contributed by atoms with van der Waals surface area (Å²) in [4.78, 5) is 22.4. The summed E-state index contributed by atoms with van der Waals surface area (Å²) in [6.45, 7) is 10.3. The fourth-order valence-corrected chi connectivity index (χ4v) is 4.40. The van der Waals surface area contributed by atoms with Gasteiger partial charge in [0.15, 0.2) is 5.13 Å². The number of ether oxygens (including phenoxy) is 2. The van der Waals surface area contributed by atoms with E-state index in [1.807, 2.05) is 42.5 Å². The molecule has 0 atom stereocenters. The molecule has 0 aliphatic heterocycles. The molecule has 0 aliphatic carbocycles. The molecule has 3 rings (SSSR count). The van der Waals surface area contributed by atoms with Crippen LogP contribution in [-0.2, 0) is 0 Å². The highest BCUT2D eigenvalue weighted by Gasteiger charge is 2.22. The Morgan fingerprint density at radius 3 is 2.33 bits per heavy atom. The Balaban J connectivity index is 0.00000385. The molecule has 0 spiro atoms. The van der Waals surface area contributed by atoms with Gasteiger partial charge in [-0.2, -0.15) is 0 Å². The van der Waals surface area contributed by atoms with Crippen LogP contribution in [0.15, 0.2) is 42.5 Å². The molecule has 8 heteroatoms. The second-order valence-corrected chi connectivity index (χ2v) is 8.55. The zero-order valence-electron chi connectivity index (χ0n) is 19.9. The van der Waals surface area contributed by atoms with Crippen LogP contribution < -0.4 is 14.4 Å². The number of methoxy groups -OCH3 is 1. The number of rotatable bonds is 12. The van der Waals surface area contributed by atoms with Crippen molar-refractivity contribution in [2.75, 3.05) is 44.8 Å². The smallest absolute Gasteiger partial charge is 0.260 e. The lowest BCUT2D eigenvalue weighted by Gasteiger charge is -2.24. The Morgan fingerprint density at radius 1 is 1.00 bits per heavy atom. The number of aromatic nitrogens is 1. The molecule has 3 aromatic rings. The summed E-state index contributed by atoms with van der Waals surface area (Å²) in [5, 5.41) is 0.702. The summed E-state index contributed by atoms with van der Waals surface area (Å²) >= 11 is 1.51. The molecule has 0 fully saturated rings. The maximum absolute atomic E-state index is 13.5. The predicted octanol–water partition coefficient (Wildman–Crippen LogP) is 5.89. The van der Waals surface area contributed by atoms with E-state index in [4.69, 9.17) is 14.5 Å². The van der Waals surface area contributed by atoms with Gasteiger partial charge in [-0.3, -0.25) is 9.69 Å². The molecule has 0 bridgehead atoms. The van der Waals surface area contributed by atoms with E-state index in [0.717, 1.165) is 54.2 Å². The van der Waals surface area contributed by atoms with Gasteiger partial charge in [0.1, 0.15) is 11.5 Å². The number of thiazole rings is 1. The number of unbranched alkanes of at least 4 members (excludes halogenated alkanes) is 1. The second-order valence-electron chi connectivity index (χ2n) is 7.54. The summed E-state index contributed by atoms with van der Waals surface area (Å²) in [5.41, 5.74) is 1.50. The molecule has 1 heterocycles. The molecule has 0 N–H and O–H groups in total. The first kappa shape index (κ1) is 26.9. The molecular weight excluding hydrogens is 458 g/mol. The number of nitrogens with zero attached hydrogens (tertiary/aromatic N) is 3. The number of halogens is 1.